The zero-order valence-corrected chi connectivity index (χ0v) is 55.3. The van der Waals surface area contributed by atoms with E-state index in [9.17, 15) is 48.3 Å². The molecule has 0 saturated carbocycles. The van der Waals surface area contributed by atoms with Gasteiger partial charge in [-0.05, 0) is 107 Å². The minimum atomic E-state index is -1.67. The Bertz CT molecular complexity index is 2910. The van der Waals surface area contributed by atoms with Gasteiger partial charge < -0.3 is 55.0 Å². The van der Waals surface area contributed by atoms with Crippen LogP contribution in [0.15, 0.2) is 54.1 Å². The highest BCUT2D eigenvalue weighted by Gasteiger charge is 2.64. The molecule has 3 heterocycles. The van der Waals surface area contributed by atoms with Crippen molar-refractivity contribution in [1.82, 2.24) is 15.5 Å². The number of epoxide rings is 1. The number of nitrogens with one attached hydrogen (secondary N) is 2. The first-order valence-electron chi connectivity index (χ1n) is 29.4. The molecule has 87 heavy (non-hydrogen) atoms. The zero-order chi connectivity index (χ0) is 64.7. The summed E-state index contributed by atoms with van der Waals surface area (Å²) in [7, 11) is 4.26. The number of fused-ring (bicyclic) bond motifs is 5. The Morgan fingerprint density at radius 1 is 1.01 bits per heavy atom. The molecule has 0 aliphatic carbocycles. The van der Waals surface area contributed by atoms with Crippen LogP contribution in [-0.4, -0.2) is 156 Å². The van der Waals surface area contributed by atoms with Crippen LogP contribution in [0.5, 0.6) is 0 Å². The van der Waals surface area contributed by atoms with Gasteiger partial charge in [-0.15, -0.1) is 0 Å². The summed E-state index contributed by atoms with van der Waals surface area (Å²) < 4.78 is 45.6. The number of likely N-dealkylation sites (N-methyl/N-ethyl adjacent to an activating group) is 1. The van der Waals surface area contributed by atoms with E-state index in [1.165, 1.54) is 38.1 Å². The molecule has 0 aromatic heterocycles. The molecule has 0 unspecified atom stereocenters. The third-order valence-corrected chi connectivity index (χ3v) is 18.7. The second-order valence-corrected chi connectivity index (χ2v) is 25.4. The van der Waals surface area contributed by atoms with Crippen molar-refractivity contribution in [3.05, 3.63) is 87.2 Å². The summed E-state index contributed by atoms with van der Waals surface area (Å²) in [6.45, 7) is 12.4. The molecule has 20 nitrogen and oxygen atoms in total. The van der Waals surface area contributed by atoms with Crippen molar-refractivity contribution in [3.8, 4) is 0 Å². The lowest BCUT2D eigenvalue weighted by molar-refractivity contribution is -0.187. The lowest BCUT2D eigenvalue weighted by atomic mass is 9.78. The average Bonchev–Trinajstić information content (AvgIpc) is 1.59. The van der Waals surface area contributed by atoms with Crippen LogP contribution < -0.4 is 21.3 Å². The van der Waals surface area contributed by atoms with Crippen LogP contribution in [0.4, 0.5) is 14.9 Å². The third kappa shape index (κ3) is 19.7. The van der Waals surface area contributed by atoms with E-state index in [0.717, 1.165) is 22.1 Å². The number of aryl methyl sites for hydroxylation is 1. The lowest BCUT2D eigenvalue weighted by Gasteiger charge is -2.41. The molecule has 2 aromatic rings. The van der Waals surface area contributed by atoms with Crippen molar-refractivity contribution >= 4 is 102 Å². The van der Waals surface area contributed by atoms with Crippen LogP contribution in [0, 0.1) is 36.4 Å². The maximum absolute atomic E-state index is 16.2. The Balaban J connectivity index is 1.31. The Kier molecular flexibility index (Phi) is 27.2. The molecule has 4 bridgehead atoms. The monoisotopic (exact) mass is 1360 g/mol. The van der Waals surface area contributed by atoms with Crippen LogP contribution in [0.2, 0.25) is 5.02 Å². The number of amides is 5. The Morgan fingerprint density at radius 2 is 1.71 bits per heavy atom. The van der Waals surface area contributed by atoms with E-state index in [-0.39, 0.29) is 87.2 Å². The number of carbonyl (C=O) groups excluding carboxylic acids is 9. The van der Waals surface area contributed by atoms with Gasteiger partial charge in [0.2, 0.25) is 11.8 Å². The number of anilines is 1. The highest BCUT2D eigenvalue weighted by Crippen LogP contribution is 2.50. The van der Waals surface area contributed by atoms with Crippen LogP contribution in [-0.2, 0) is 70.1 Å². The second-order valence-electron chi connectivity index (χ2n) is 23.8. The number of ketones is 2. The van der Waals surface area contributed by atoms with Gasteiger partial charge in [0, 0.05) is 75.9 Å². The van der Waals surface area contributed by atoms with Gasteiger partial charge in [-0.1, -0.05) is 100 Å². The van der Waals surface area contributed by atoms with E-state index >= 15 is 4.39 Å². The number of hydrogen-bond donors (Lipinski definition) is 4. The minimum absolute atomic E-state index is 0.0301. The largest absolute Gasteiger partial charge is 0.465 e. The number of nitrogens with zero attached hydrogens (tertiary/aromatic N) is 2. The summed E-state index contributed by atoms with van der Waals surface area (Å²) >= 11 is 13.4. The Morgan fingerprint density at radius 3 is 2.36 bits per heavy atom. The topological polar surface area (TPSA) is 280 Å². The fraction of sp³-hybridized carbons (Fsp3) is 0.603. The van der Waals surface area contributed by atoms with Gasteiger partial charge in [-0.2, -0.15) is 0 Å². The molecule has 2 aromatic carbocycles. The molecule has 3 aliphatic rings. The number of primary amides is 1. The number of Topliss-reactive ketones (excluding diaryl/α,β-unsaturated/α-hetero) is 2. The molecule has 480 valence electrons. The molecular weight excluding hydrogens is 1280 g/mol. The van der Waals surface area contributed by atoms with Gasteiger partial charge in [0.1, 0.15) is 47.2 Å². The number of allylic oxidation sites excluding steroid dienone is 3. The predicted octanol–water partition coefficient (Wildman–Crippen LogP) is 8.30. The highest BCUT2D eigenvalue weighted by molar-refractivity contribution is 9.09. The summed E-state index contributed by atoms with van der Waals surface area (Å²) in [6.07, 6.45) is 2.81. The normalized spacial score (nSPS) is 24.3. The first-order valence-corrected chi connectivity index (χ1v) is 32.1. The summed E-state index contributed by atoms with van der Waals surface area (Å²) in [5, 5.41) is 18.5. The number of unbranched alkanes of at least 4 members (excludes halogenated alkanes) is 2. The molecule has 0 radical (unpaired) electrons. The Hall–Kier alpha value is -5.59. The van der Waals surface area contributed by atoms with E-state index in [0.29, 0.717) is 52.6 Å². The number of ether oxygens (including phenoxy) is 5. The fourth-order valence-electron chi connectivity index (χ4n) is 11.0. The van der Waals surface area contributed by atoms with Gasteiger partial charge >= 0.3 is 23.9 Å². The van der Waals surface area contributed by atoms with Gasteiger partial charge in [-0.25, -0.2) is 14.0 Å². The maximum atomic E-state index is 16.2. The zero-order valence-electron chi connectivity index (χ0n) is 51.4. The highest BCUT2D eigenvalue weighted by atomic mass is 79.9. The van der Waals surface area contributed by atoms with Gasteiger partial charge in [0.15, 0.2) is 5.78 Å². The summed E-state index contributed by atoms with van der Waals surface area (Å²) in [5.41, 5.74) is 4.81. The van der Waals surface area contributed by atoms with E-state index in [1.807, 2.05) is 26.0 Å². The molecular formula is C63H85Br2ClFN5O15. The van der Waals surface area contributed by atoms with Crippen LogP contribution in [0.25, 0.3) is 0 Å². The Labute approximate surface area is 531 Å². The van der Waals surface area contributed by atoms with E-state index in [4.69, 9.17) is 41.0 Å². The van der Waals surface area contributed by atoms with Crippen molar-refractivity contribution in [1.29, 1.82) is 0 Å². The number of rotatable bonds is 26. The van der Waals surface area contributed by atoms with E-state index in [1.54, 1.807) is 53.0 Å². The quantitative estimate of drug-likeness (QED) is 0.0227. The third-order valence-electron chi connectivity index (χ3n) is 16.7. The van der Waals surface area contributed by atoms with Crippen molar-refractivity contribution in [3.63, 3.8) is 0 Å². The molecule has 5 N–H and O–H groups in total. The number of halogens is 4. The number of aliphatic hydroxyl groups is 1. The molecule has 2 fully saturated rings. The molecule has 24 heteroatoms. The van der Waals surface area contributed by atoms with Crippen LogP contribution >= 0.6 is 43.5 Å². The van der Waals surface area contributed by atoms with Crippen molar-refractivity contribution in [2.45, 2.75) is 173 Å². The first-order chi connectivity index (χ1) is 41.0. The predicted molar refractivity (Wildman–Crippen MR) is 332 cm³/mol. The van der Waals surface area contributed by atoms with Gasteiger partial charge in [-0.3, -0.25) is 33.6 Å². The number of nitrogens with two attached hydrogens (primary N) is 1. The number of alkyl halides is 2. The second kappa shape index (κ2) is 32.8. The van der Waals surface area contributed by atoms with Gasteiger partial charge in [0.25, 0.3) is 5.91 Å². The molecule has 5 amide bonds. The lowest BCUT2D eigenvalue weighted by Crippen LogP contribution is -2.53. The molecule has 3 aliphatic heterocycles. The molecule has 2 saturated heterocycles. The van der Waals surface area contributed by atoms with Crippen molar-refractivity contribution < 1.29 is 76.3 Å². The van der Waals surface area contributed by atoms with Crippen LogP contribution in [0.3, 0.4) is 0 Å². The minimum Gasteiger partial charge on any atom is -0.465 e. The van der Waals surface area contributed by atoms with Crippen molar-refractivity contribution in [2.75, 3.05) is 49.9 Å². The standard InChI is InChI=1S/C63H85Br2ClFN5O15/c1-35(2)45(29-43(73)17-12-11-13-23-84-60(80)42(33-64)34-65)57(77)70-47(18-15-22-69-61(68)81)49(74)28-40-20-21-44(46(67)26-40)58(78)71(8)39(6)59(79)86-52-30-53(75)72(9)48-27-41(25-37(4)55(48)66)24-36(3)16-14-19-51(83-10)63(82)31-50(85-54(76)32-63)38(5)56-62(52,7)87-56/h14,16,19-21,25-27,35,38-39,42,45,47,50-52,56,82H,11-13,15,17-18,22-24,28-34H2,1-10H3,(H,70,77)(H3,68,69,81)/b19-14+,36-16+/t38-,39+,45+,47+,50+,51-,52+,56+,62+,63-/m1/s1. The molecule has 10 atom stereocenters. The first kappa shape index (κ1) is 72.2. The maximum Gasteiger partial charge on any atom is 0.328 e. The number of benzene rings is 2. The fourth-order valence-corrected chi connectivity index (χ4v) is 12.8. The average molecular weight is 1370 g/mol. The summed E-state index contributed by atoms with van der Waals surface area (Å²) in [5.74, 6) is -7.58. The van der Waals surface area contributed by atoms with E-state index in [2.05, 4.69) is 42.5 Å². The van der Waals surface area contributed by atoms with Gasteiger partial charge in [0.05, 0.1) is 53.8 Å². The molecule has 0 spiro atoms. The number of carbonyl (C=O) groups is 9. The molecule has 5 rings (SSSR count). The smallest absolute Gasteiger partial charge is 0.328 e. The summed E-state index contributed by atoms with van der Waals surface area (Å²) in [4.78, 5) is 123. The number of urea groups is 1. The number of esters is 3. The number of hydrogen-bond acceptors (Lipinski definition) is 15. The summed E-state index contributed by atoms with van der Waals surface area (Å²) in [6, 6.07) is 3.99. The number of methoxy groups -OCH3 is 1. The van der Waals surface area contributed by atoms with E-state index < -0.39 is 119 Å². The van der Waals surface area contributed by atoms with Crippen LogP contribution in [0.1, 0.15) is 133 Å². The van der Waals surface area contributed by atoms with Crippen molar-refractivity contribution in [2.24, 2.45) is 29.4 Å². The SMILES string of the molecule is CO[C@@H]1/C=C/C=C(\C)Cc2cc(C)c(Cl)c(c2)N(C)C(=O)C[C@H](OC(=O)[C@H](C)N(C)C(=O)c2ccc(CC(=O)[C@H](CCCNC(N)=O)NC(=O)[C@@H](CC(=O)CCCCCOC(=O)C(CBr)CBr)C(C)C)cc2F)[C@]2(C)O[C@H]2[C@H](C)[C@@H]2C[C@@]1(O)CC(=O)O2.